The lowest BCUT2D eigenvalue weighted by molar-refractivity contribution is 0.0698. The van der Waals surface area contributed by atoms with Gasteiger partial charge in [-0.2, -0.15) is 4.31 Å². The van der Waals surface area contributed by atoms with Crippen LogP contribution in [-0.2, 0) is 10.0 Å². The summed E-state index contributed by atoms with van der Waals surface area (Å²) in [5, 5.41) is 0. The van der Waals surface area contributed by atoms with Crippen LogP contribution >= 0.6 is 15.9 Å². The highest BCUT2D eigenvalue weighted by atomic mass is 79.9. The number of rotatable bonds is 3. The van der Waals surface area contributed by atoms with Crippen molar-refractivity contribution >= 4 is 31.9 Å². The fourth-order valence-electron chi connectivity index (χ4n) is 2.68. The highest BCUT2D eigenvalue weighted by Crippen LogP contribution is 2.19. The molecule has 132 valence electrons. The first-order valence-corrected chi connectivity index (χ1v) is 9.92. The first-order chi connectivity index (χ1) is 11.9. The zero-order chi connectivity index (χ0) is 18.0. The summed E-state index contributed by atoms with van der Waals surface area (Å²) in [6, 6.07) is 12.0. The maximum absolute atomic E-state index is 13.3. The minimum atomic E-state index is -3.75. The topological polar surface area (TPSA) is 57.7 Å². The van der Waals surface area contributed by atoms with Crippen molar-refractivity contribution in [3.8, 4) is 0 Å². The number of carbonyl (C=O) groups excluding carboxylic acids is 1. The molecule has 0 bridgehead atoms. The molecule has 0 unspecified atom stereocenters. The van der Waals surface area contributed by atoms with Crippen molar-refractivity contribution in [2.45, 2.75) is 4.90 Å². The second-order valence-corrected chi connectivity index (χ2v) is 8.51. The van der Waals surface area contributed by atoms with Crippen LogP contribution in [0.3, 0.4) is 0 Å². The minimum absolute atomic E-state index is 0.0693. The molecule has 0 saturated carbocycles. The number of nitrogens with zero attached hydrogens (tertiary/aromatic N) is 2. The van der Waals surface area contributed by atoms with Crippen LogP contribution in [0.25, 0.3) is 0 Å². The van der Waals surface area contributed by atoms with Crippen LogP contribution in [0, 0.1) is 5.82 Å². The highest BCUT2D eigenvalue weighted by molar-refractivity contribution is 9.10. The summed E-state index contributed by atoms with van der Waals surface area (Å²) < 4.78 is 40.6. The second-order valence-electron chi connectivity index (χ2n) is 5.66. The molecule has 1 saturated heterocycles. The summed E-state index contributed by atoms with van der Waals surface area (Å²) in [6.07, 6.45) is 0. The average Bonchev–Trinajstić information content (AvgIpc) is 2.62. The van der Waals surface area contributed by atoms with Crippen LogP contribution in [0.5, 0.6) is 0 Å². The van der Waals surface area contributed by atoms with Crippen LogP contribution in [0.1, 0.15) is 10.4 Å². The Kier molecular flexibility index (Phi) is 5.21. The van der Waals surface area contributed by atoms with Gasteiger partial charge < -0.3 is 4.90 Å². The van der Waals surface area contributed by atoms with E-state index in [0.29, 0.717) is 18.7 Å². The van der Waals surface area contributed by atoms with E-state index < -0.39 is 15.8 Å². The Morgan fingerprint density at radius 1 is 1.00 bits per heavy atom. The van der Waals surface area contributed by atoms with Gasteiger partial charge in [0.1, 0.15) is 5.82 Å². The number of hydrogen-bond donors (Lipinski definition) is 0. The number of halogens is 2. The molecule has 1 amide bonds. The lowest BCUT2D eigenvalue weighted by Crippen LogP contribution is -2.50. The van der Waals surface area contributed by atoms with E-state index in [-0.39, 0.29) is 23.9 Å². The number of amides is 1. The van der Waals surface area contributed by atoms with Crippen molar-refractivity contribution in [2.75, 3.05) is 26.2 Å². The van der Waals surface area contributed by atoms with E-state index in [4.69, 9.17) is 0 Å². The Balaban J connectivity index is 1.69. The first-order valence-electron chi connectivity index (χ1n) is 7.68. The van der Waals surface area contributed by atoms with Gasteiger partial charge in [0.15, 0.2) is 0 Å². The number of sulfonamides is 1. The van der Waals surface area contributed by atoms with Gasteiger partial charge >= 0.3 is 0 Å². The fourth-order valence-corrected chi connectivity index (χ4v) is 4.40. The summed E-state index contributed by atoms with van der Waals surface area (Å²) in [6.45, 7) is 0.953. The Bertz CT molecular complexity index is 879. The van der Waals surface area contributed by atoms with Gasteiger partial charge in [-0.3, -0.25) is 4.79 Å². The Labute approximate surface area is 154 Å². The summed E-state index contributed by atoms with van der Waals surface area (Å²) >= 11 is 3.32. The van der Waals surface area contributed by atoms with Gasteiger partial charge in [-0.1, -0.05) is 22.0 Å². The van der Waals surface area contributed by atoms with Crippen LogP contribution in [0.4, 0.5) is 4.39 Å². The number of piperazine rings is 1. The SMILES string of the molecule is O=C(c1ccc(Br)cc1)N1CCN(S(=O)(=O)c2cccc(F)c2)CC1. The fraction of sp³-hybridized carbons (Fsp3) is 0.235. The highest BCUT2D eigenvalue weighted by Gasteiger charge is 2.30. The van der Waals surface area contributed by atoms with Gasteiger partial charge in [-0.05, 0) is 42.5 Å². The van der Waals surface area contributed by atoms with Crippen molar-refractivity contribution in [1.82, 2.24) is 9.21 Å². The van der Waals surface area contributed by atoms with Crippen molar-refractivity contribution in [3.63, 3.8) is 0 Å². The van der Waals surface area contributed by atoms with E-state index in [9.17, 15) is 17.6 Å². The molecule has 2 aromatic rings. The van der Waals surface area contributed by atoms with E-state index in [2.05, 4.69) is 15.9 Å². The monoisotopic (exact) mass is 426 g/mol. The third-order valence-corrected chi connectivity index (χ3v) is 6.47. The first kappa shape index (κ1) is 18.0. The van der Waals surface area contributed by atoms with Crippen LogP contribution in [0.15, 0.2) is 57.9 Å². The van der Waals surface area contributed by atoms with Crippen LogP contribution in [-0.4, -0.2) is 49.7 Å². The van der Waals surface area contributed by atoms with Gasteiger partial charge in [0.25, 0.3) is 5.91 Å². The van der Waals surface area contributed by atoms with Crippen LogP contribution in [0.2, 0.25) is 0 Å². The average molecular weight is 427 g/mol. The second kappa shape index (κ2) is 7.23. The van der Waals surface area contributed by atoms with Crippen LogP contribution < -0.4 is 0 Å². The molecule has 3 rings (SSSR count). The predicted octanol–water partition coefficient (Wildman–Crippen LogP) is 2.73. The number of carbonyl (C=O) groups is 1. The third-order valence-electron chi connectivity index (χ3n) is 4.05. The molecule has 0 aromatic heterocycles. The Hall–Kier alpha value is -1.77. The van der Waals surface area contributed by atoms with Gasteiger partial charge in [0.2, 0.25) is 10.0 Å². The molecule has 1 aliphatic rings. The summed E-state index contributed by atoms with van der Waals surface area (Å²) in [5.41, 5.74) is 0.560. The van der Waals surface area contributed by atoms with E-state index in [1.807, 2.05) is 0 Å². The molecule has 0 spiro atoms. The summed E-state index contributed by atoms with van der Waals surface area (Å²) in [7, 11) is -3.75. The van der Waals surface area contributed by atoms with E-state index in [1.165, 1.54) is 22.5 Å². The molecule has 1 aliphatic heterocycles. The molecular formula is C17H16BrFN2O3S. The van der Waals surface area contributed by atoms with E-state index >= 15 is 0 Å². The Morgan fingerprint density at radius 2 is 1.64 bits per heavy atom. The molecule has 25 heavy (non-hydrogen) atoms. The predicted molar refractivity (Wildman–Crippen MR) is 95.2 cm³/mol. The van der Waals surface area contributed by atoms with Gasteiger partial charge in [-0.25, -0.2) is 12.8 Å². The molecule has 0 aliphatic carbocycles. The zero-order valence-electron chi connectivity index (χ0n) is 13.2. The summed E-state index contributed by atoms with van der Waals surface area (Å²) in [5.74, 6) is -0.722. The zero-order valence-corrected chi connectivity index (χ0v) is 15.6. The smallest absolute Gasteiger partial charge is 0.253 e. The molecule has 0 N–H and O–H groups in total. The molecule has 1 fully saturated rings. The number of hydrogen-bond acceptors (Lipinski definition) is 3. The largest absolute Gasteiger partial charge is 0.336 e. The van der Waals surface area contributed by atoms with E-state index in [0.717, 1.165) is 10.5 Å². The quantitative estimate of drug-likeness (QED) is 0.757. The standard InChI is InChI=1S/C17H16BrFN2O3S/c18-14-6-4-13(5-7-14)17(22)20-8-10-21(11-9-20)25(23,24)16-3-1-2-15(19)12-16/h1-7,12H,8-11H2. The van der Waals surface area contributed by atoms with Gasteiger partial charge in [0.05, 0.1) is 4.90 Å². The van der Waals surface area contributed by atoms with Crippen molar-refractivity contribution in [2.24, 2.45) is 0 Å². The lowest BCUT2D eigenvalue weighted by Gasteiger charge is -2.34. The third kappa shape index (κ3) is 3.91. The molecule has 0 atom stereocenters. The lowest BCUT2D eigenvalue weighted by atomic mass is 10.2. The van der Waals surface area contributed by atoms with E-state index in [1.54, 1.807) is 29.2 Å². The van der Waals surface area contributed by atoms with Gasteiger partial charge in [-0.15, -0.1) is 0 Å². The normalized spacial score (nSPS) is 16.0. The minimum Gasteiger partial charge on any atom is -0.336 e. The maximum Gasteiger partial charge on any atom is 0.253 e. The van der Waals surface area contributed by atoms with Crippen molar-refractivity contribution in [1.29, 1.82) is 0 Å². The molecule has 2 aromatic carbocycles. The van der Waals surface area contributed by atoms with Crippen molar-refractivity contribution < 1.29 is 17.6 Å². The molecule has 5 nitrogen and oxygen atoms in total. The Morgan fingerprint density at radius 3 is 2.24 bits per heavy atom. The molecule has 8 heteroatoms. The molecular weight excluding hydrogens is 411 g/mol. The summed E-state index contributed by atoms with van der Waals surface area (Å²) in [4.78, 5) is 14.0. The number of benzene rings is 2. The maximum atomic E-state index is 13.3. The van der Waals surface area contributed by atoms with Crippen molar-refractivity contribution in [3.05, 3.63) is 64.4 Å². The molecule has 0 radical (unpaired) electrons. The molecule has 1 heterocycles. The van der Waals surface area contributed by atoms with Gasteiger partial charge in [0, 0.05) is 36.2 Å².